The fourth-order valence-electron chi connectivity index (χ4n) is 1.98. The molecular weight excluding hydrogens is 242 g/mol. The molecule has 106 valence electrons. The van der Waals surface area contributed by atoms with Crippen LogP contribution in [0.2, 0.25) is 0 Å². The van der Waals surface area contributed by atoms with E-state index in [0.29, 0.717) is 29.2 Å². The van der Waals surface area contributed by atoms with Crippen molar-refractivity contribution >= 4 is 11.9 Å². The molecule has 19 heavy (non-hydrogen) atoms. The highest BCUT2D eigenvalue weighted by Crippen LogP contribution is 2.51. The molecule has 2 rings (SSSR count). The molecule has 1 unspecified atom stereocenters. The molecule has 1 fully saturated rings. The standard InChI is InChI=1S/C13H23N5O/c1-5-6-14-10-16-11(18-12(17-10)19-4)15-8-9-7-13(9,2)3/h9H,5-8H2,1-4H3,(H2,14,15,16,17,18). The predicted octanol–water partition coefficient (Wildman–Crippen LogP) is 2.16. The molecule has 0 aromatic carbocycles. The largest absolute Gasteiger partial charge is 0.467 e. The van der Waals surface area contributed by atoms with Crippen molar-refractivity contribution in [1.29, 1.82) is 0 Å². The maximum absolute atomic E-state index is 5.10. The minimum absolute atomic E-state index is 0.339. The summed E-state index contributed by atoms with van der Waals surface area (Å²) in [6.07, 6.45) is 2.27. The van der Waals surface area contributed by atoms with Gasteiger partial charge < -0.3 is 15.4 Å². The van der Waals surface area contributed by atoms with Gasteiger partial charge in [-0.25, -0.2) is 0 Å². The van der Waals surface area contributed by atoms with Gasteiger partial charge in [0.2, 0.25) is 11.9 Å². The van der Waals surface area contributed by atoms with E-state index in [1.54, 1.807) is 7.11 Å². The molecule has 6 heteroatoms. The number of aromatic nitrogens is 3. The second-order valence-corrected chi connectivity index (χ2v) is 5.67. The molecule has 0 aliphatic heterocycles. The minimum atomic E-state index is 0.339. The van der Waals surface area contributed by atoms with Gasteiger partial charge in [-0.05, 0) is 24.2 Å². The quantitative estimate of drug-likeness (QED) is 0.787. The number of nitrogens with one attached hydrogen (secondary N) is 2. The Morgan fingerprint density at radius 1 is 1.21 bits per heavy atom. The zero-order valence-corrected chi connectivity index (χ0v) is 12.2. The molecule has 1 aliphatic carbocycles. The van der Waals surface area contributed by atoms with Gasteiger partial charge in [-0.1, -0.05) is 20.8 Å². The van der Waals surface area contributed by atoms with Crippen molar-refractivity contribution in [2.24, 2.45) is 11.3 Å². The number of hydrogen-bond donors (Lipinski definition) is 2. The van der Waals surface area contributed by atoms with Gasteiger partial charge in [0.1, 0.15) is 0 Å². The number of ether oxygens (including phenoxy) is 1. The minimum Gasteiger partial charge on any atom is -0.467 e. The number of hydrogen-bond acceptors (Lipinski definition) is 6. The first-order valence-corrected chi connectivity index (χ1v) is 6.83. The van der Waals surface area contributed by atoms with Crippen molar-refractivity contribution in [3.63, 3.8) is 0 Å². The third-order valence-electron chi connectivity index (χ3n) is 3.55. The molecule has 0 radical (unpaired) electrons. The van der Waals surface area contributed by atoms with Crippen molar-refractivity contribution in [3.8, 4) is 6.01 Å². The van der Waals surface area contributed by atoms with Crippen molar-refractivity contribution in [2.75, 3.05) is 30.8 Å². The molecule has 0 amide bonds. The summed E-state index contributed by atoms with van der Waals surface area (Å²) in [7, 11) is 1.56. The lowest BCUT2D eigenvalue weighted by atomic mass is 10.1. The molecular formula is C13H23N5O. The molecule has 0 spiro atoms. The Balaban J connectivity index is 1.98. The van der Waals surface area contributed by atoms with E-state index >= 15 is 0 Å². The van der Waals surface area contributed by atoms with Gasteiger partial charge in [0.15, 0.2) is 0 Å². The monoisotopic (exact) mass is 265 g/mol. The van der Waals surface area contributed by atoms with Gasteiger partial charge in [0, 0.05) is 13.1 Å². The van der Waals surface area contributed by atoms with E-state index in [0.717, 1.165) is 19.5 Å². The van der Waals surface area contributed by atoms with Gasteiger partial charge in [0.05, 0.1) is 7.11 Å². The van der Waals surface area contributed by atoms with Crippen LogP contribution in [0.4, 0.5) is 11.9 Å². The van der Waals surface area contributed by atoms with Crippen LogP contribution in [0.3, 0.4) is 0 Å². The molecule has 6 nitrogen and oxygen atoms in total. The Hall–Kier alpha value is -1.59. The first-order chi connectivity index (χ1) is 9.05. The summed E-state index contributed by atoms with van der Waals surface area (Å²) in [6, 6.07) is 0.339. The highest BCUT2D eigenvalue weighted by molar-refractivity contribution is 5.36. The Labute approximate surface area is 114 Å². The van der Waals surface area contributed by atoms with E-state index in [-0.39, 0.29) is 0 Å². The van der Waals surface area contributed by atoms with E-state index in [1.807, 2.05) is 0 Å². The Bertz CT molecular complexity index is 435. The molecule has 1 saturated carbocycles. The Morgan fingerprint density at radius 3 is 2.37 bits per heavy atom. The van der Waals surface area contributed by atoms with E-state index in [1.165, 1.54) is 6.42 Å². The molecule has 1 heterocycles. The van der Waals surface area contributed by atoms with Crippen LogP contribution in [0.15, 0.2) is 0 Å². The van der Waals surface area contributed by atoms with E-state index in [9.17, 15) is 0 Å². The lowest BCUT2D eigenvalue weighted by Crippen LogP contribution is -2.13. The first kappa shape index (κ1) is 13.8. The van der Waals surface area contributed by atoms with Gasteiger partial charge in [-0.3, -0.25) is 0 Å². The third kappa shape index (κ3) is 3.68. The van der Waals surface area contributed by atoms with Crippen LogP contribution in [0.1, 0.15) is 33.6 Å². The van der Waals surface area contributed by atoms with Crippen molar-refractivity contribution in [3.05, 3.63) is 0 Å². The summed E-state index contributed by atoms with van der Waals surface area (Å²) < 4.78 is 5.10. The number of nitrogens with zero attached hydrogens (tertiary/aromatic N) is 3. The molecule has 1 aromatic heterocycles. The number of anilines is 2. The van der Waals surface area contributed by atoms with Crippen LogP contribution in [-0.2, 0) is 0 Å². The normalized spacial score (nSPS) is 19.9. The van der Waals surface area contributed by atoms with Crippen molar-refractivity contribution in [2.45, 2.75) is 33.6 Å². The van der Waals surface area contributed by atoms with Gasteiger partial charge in [-0.2, -0.15) is 15.0 Å². The summed E-state index contributed by atoms with van der Waals surface area (Å²) in [5.74, 6) is 1.83. The van der Waals surface area contributed by atoms with Gasteiger partial charge >= 0.3 is 6.01 Å². The van der Waals surface area contributed by atoms with E-state index in [2.05, 4.69) is 46.4 Å². The summed E-state index contributed by atoms with van der Waals surface area (Å²) in [5.41, 5.74) is 0.452. The van der Waals surface area contributed by atoms with Crippen LogP contribution in [0.25, 0.3) is 0 Å². The summed E-state index contributed by atoms with van der Waals surface area (Å²) in [4.78, 5) is 12.7. The number of methoxy groups -OCH3 is 1. The molecule has 1 aromatic rings. The van der Waals surface area contributed by atoms with Crippen LogP contribution in [0, 0.1) is 11.3 Å². The fraction of sp³-hybridized carbons (Fsp3) is 0.769. The first-order valence-electron chi connectivity index (χ1n) is 6.83. The Morgan fingerprint density at radius 2 is 1.84 bits per heavy atom. The van der Waals surface area contributed by atoms with Crippen LogP contribution in [0.5, 0.6) is 6.01 Å². The lowest BCUT2D eigenvalue weighted by Gasteiger charge is -2.09. The lowest BCUT2D eigenvalue weighted by molar-refractivity contribution is 0.379. The van der Waals surface area contributed by atoms with E-state index in [4.69, 9.17) is 4.74 Å². The summed E-state index contributed by atoms with van der Waals surface area (Å²) >= 11 is 0. The average molecular weight is 265 g/mol. The molecule has 0 saturated heterocycles. The smallest absolute Gasteiger partial charge is 0.322 e. The third-order valence-corrected chi connectivity index (χ3v) is 3.55. The molecule has 2 N–H and O–H groups in total. The SMILES string of the molecule is CCCNc1nc(NCC2CC2(C)C)nc(OC)n1. The fourth-order valence-corrected chi connectivity index (χ4v) is 1.98. The maximum Gasteiger partial charge on any atom is 0.322 e. The highest BCUT2D eigenvalue weighted by atomic mass is 16.5. The highest BCUT2D eigenvalue weighted by Gasteiger charge is 2.45. The van der Waals surface area contributed by atoms with Crippen molar-refractivity contribution in [1.82, 2.24) is 15.0 Å². The molecule has 0 bridgehead atoms. The maximum atomic E-state index is 5.10. The second-order valence-electron chi connectivity index (χ2n) is 5.67. The second kappa shape index (κ2) is 5.59. The molecule has 1 atom stereocenters. The van der Waals surface area contributed by atoms with Crippen LogP contribution in [-0.4, -0.2) is 35.2 Å². The predicted molar refractivity (Wildman–Crippen MR) is 75.5 cm³/mol. The van der Waals surface area contributed by atoms with E-state index < -0.39 is 0 Å². The molecule has 1 aliphatic rings. The van der Waals surface area contributed by atoms with Gasteiger partial charge in [0.25, 0.3) is 0 Å². The van der Waals surface area contributed by atoms with Gasteiger partial charge in [-0.15, -0.1) is 0 Å². The van der Waals surface area contributed by atoms with Crippen molar-refractivity contribution < 1.29 is 4.74 Å². The van der Waals surface area contributed by atoms with Crippen LogP contribution >= 0.6 is 0 Å². The van der Waals surface area contributed by atoms with Crippen LogP contribution < -0.4 is 15.4 Å². The Kier molecular flexibility index (Phi) is 4.07. The summed E-state index contributed by atoms with van der Waals surface area (Å²) in [6.45, 7) is 8.39. The zero-order valence-electron chi connectivity index (χ0n) is 12.2. The zero-order chi connectivity index (χ0) is 13.9. The summed E-state index contributed by atoms with van der Waals surface area (Å²) in [5, 5.41) is 6.42. The average Bonchev–Trinajstić information content (AvgIpc) is 3.01. The number of rotatable bonds is 7. The topological polar surface area (TPSA) is 72.0 Å².